The quantitative estimate of drug-likeness (QED) is 0.152. The van der Waals surface area contributed by atoms with Crippen LogP contribution in [0.1, 0.15) is 19.4 Å². The zero-order chi connectivity index (χ0) is 32.8. The van der Waals surface area contributed by atoms with Gasteiger partial charge in [0, 0.05) is 51.9 Å². The van der Waals surface area contributed by atoms with Gasteiger partial charge in [-0.15, -0.1) is 59.6 Å². The molecule has 1 radical (unpaired) electrons. The molecule has 0 amide bonds. The minimum atomic E-state index is -2.63. The topological polar surface area (TPSA) is 44.2 Å². The third-order valence-electron chi connectivity index (χ3n) is 7.08. The average Bonchev–Trinajstić information content (AvgIpc) is 3.08. The molecule has 2 aliphatic heterocycles. The van der Waals surface area contributed by atoms with E-state index in [1.54, 1.807) is 12.3 Å². The van der Waals surface area contributed by atoms with E-state index in [0.29, 0.717) is 17.1 Å². The number of aryl methyl sites for hydroxylation is 2. The number of para-hydroxylation sites is 1. The Balaban J connectivity index is 0.000000260. The van der Waals surface area contributed by atoms with Crippen molar-refractivity contribution in [2.75, 3.05) is 0 Å². The van der Waals surface area contributed by atoms with Crippen LogP contribution >= 0.6 is 0 Å². The van der Waals surface area contributed by atoms with E-state index in [0.717, 1.165) is 45.3 Å². The standard InChI is InChI=1S/C25H17BNO2.C11H8N.Ir/c1-15-13-20(27-14-16(15)2)17-7-5-9-19-25(17)29-23-12-6-11-22-24(23)26(19)18-8-3-4-10-21(18)28-22;1-2-6-10(7-3-1)11-8-4-5-9-12-11;/h3-6,8-14H,1-2H3;1-6,8-9H;/q2*-1;/i1D3,2D3;;. The van der Waals surface area contributed by atoms with Crippen LogP contribution in [-0.2, 0) is 20.1 Å². The van der Waals surface area contributed by atoms with Crippen molar-refractivity contribution in [1.82, 2.24) is 9.97 Å². The zero-order valence-corrected chi connectivity index (χ0v) is 24.5. The van der Waals surface area contributed by atoms with Crippen molar-refractivity contribution in [2.24, 2.45) is 0 Å². The normalized spacial score (nSPS) is 14.4. The Morgan fingerprint density at radius 1 is 0.690 bits per heavy atom. The van der Waals surface area contributed by atoms with Crippen LogP contribution in [0.2, 0.25) is 0 Å². The van der Waals surface area contributed by atoms with Gasteiger partial charge in [0.2, 0.25) is 6.71 Å². The van der Waals surface area contributed by atoms with Crippen LogP contribution in [0.3, 0.4) is 0 Å². The Kier molecular flexibility index (Phi) is 5.95. The van der Waals surface area contributed by atoms with E-state index in [9.17, 15) is 0 Å². The molecule has 0 saturated heterocycles. The summed E-state index contributed by atoms with van der Waals surface area (Å²) in [7, 11) is 0. The maximum absolute atomic E-state index is 7.91. The van der Waals surface area contributed by atoms with Gasteiger partial charge in [-0.3, -0.25) is 0 Å². The van der Waals surface area contributed by atoms with E-state index in [2.05, 4.69) is 22.1 Å². The predicted octanol–water partition coefficient (Wildman–Crippen LogP) is 6.44. The van der Waals surface area contributed by atoms with Gasteiger partial charge in [-0.1, -0.05) is 53.6 Å². The van der Waals surface area contributed by atoms with E-state index < -0.39 is 13.7 Å². The first-order chi connectivity index (χ1) is 22.6. The number of ether oxygens (including phenoxy) is 2. The maximum atomic E-state index is 7.91. The number of nitrogens with zero attached hydrogens (tertiary/aromatic N) is 2. The number of rotatable bonds is 2. The van der Waals surface area contributed by atoms with E-state index >= 15 is 0 Å². The smallest absolute Gasteiger partial charge is 0.241 e. The van der Waals surface area contributed by atoms with Crippen LogP contribution < -0.4 is 25.9 Å². The van der Waals surface area contributed by atoms with E-state index in [1.165, 1.54) is 6.07 Å². The molecule has 2 aromatic heterocycles. The SMILES string of the molecule is [2H]C([2H])([2H])c1cnc(-c2[c-]ccc3c2Oc2cccc4c2B3c2ccccc2O4)cc1C([2H])([2H])[2H].[Ir].[c-]1ccccc1-c1ccccn1. The van der Waals surface area contributed by atoms with Gasteiger partial charge in [0.25, 0.3) is 0 Å². The fourth-order valence-corrected chi connectivity index (χ4v) is 5.20. The number of fused-ring (bicyclic) bond motifs is 4. The summed E-state index contributed by atoms with van der Waals surface area (Å²) >= 11 is 0. The van der Waals surface area contributed by atoms with Crippen molar-refractivity contribution in [2.45, 2.75) is 13.7 Å². The molecule has 0 saturated carbocycles. The number of hydrogen-bond acceptors (Lipinski definition) is 4. The van der Waals surface area contributed by atoms with E-state index in [1.807, 2.05) is 91.0 Å². The second kappa shape index (κ2) is 11.8. The Bertz CT molecular complexity index is 2060. The van der Waals surface area contributed by atoms with E-state index in [4.69, 9.17) is 17.7 Å². The second-order valence-corrected chi connectivity index (χ2v) is 9.59. The molecule has 0 unspecified atom stereocenters. The zero-order valence-electron chi connectivity index (χ0n) is 28.1. The van der Waals surface area contributed by atoms with Crippen LogP contribution in [-0.4, -0.2) is 16.7 Å². The fourth-order valence-electron chi connectivity index (χ4n) is 5.20. The first-order valence-electron chi connectivity index (χ1n) is 16.1. The molecular weight excluding hydrogens is 695 g/mol. The Morgan fingerprint density at radius 3 is 2.31 bits per heavy atom. The monoisotopic (exact) mass is 727 g/mol. The minimum absolute atomic E-state index is 0. The molecule has 2 aliphatic rings. The molecule has 4 aromatic carbocycles. The van der Waals surface area contributed by atoms with Crippen molar-refractivity contribution in [3.05, 3.63) is 139 Å². The first kappa shape index (κ1) is 21.2. The summed E-state index contributed by atoms with van der Waals surface area (Å²) in [6, 6.07) is 38.4. The summed E-state index contributed by atoms with van der Waals surface area (Å²) in [5.74, 6) is 2.61. The molecule has 205 valence electrons. The molecule has 0 bridgehead atoms. The molecule has 0 aliphatic carbocycles. The summed E-state index contributed by atoms with van der Waals surface area (Å²) in [6.45, 7) is -5.39. The summed E-state index contributed by atoms with van der Waals surface area (Å²) in [5.41, 5.74) is 4.98. The van der Waals surface area contributed by atoms with Crippen molar-refractivity contribution in [3.8, 4) is 45.5 Å². The van der Waals surface area contributed by atoms with Gasteiger partial charge in [-0.2, -0.15) is 0 Å². The first-order valence-corrected chi connectivity index (χ1v) is 13.1. The molecule has 4 heterocycles. The van der Waals surface area contributed by atoms with Crippen molar-refractivity contribution < 1.29 is 37.8 Å². The number of benzene rings is 4. The van der Waals surface area contributed by atoms with Gasteiger partial charge in [-0.25, -0.2) is 0 Å². The van der Waals surface area contributed by atoms with Gasteiger partial charge < -0.3 is 19.4 Å². The predicted molar refractivity (Wildman–Crippen MR) is 164 cm³/mol. The van der Waals surface area contributed by atoms with Crippen LogP contribution in [0.25, 0.3) is 22.5 Å². The number of aromatic nitrogens is 2. The number of hydrogen-bond donors (Lipinski definition) is 0. The summed E-state index contributed by atoms with van der Waals surface area (Å²) in [4.78, 5) is 8.55. The molecule has 0 atom stereocenters. The van der Waals surface area contributed by atoms with Crippen molar-refractivity contribution >= 4 is 23.1 Å². The second-order valence-electron chi connectivity index (χ2n) is 9.59. The largest absolute Gasteiger partial charge is 0.503 e. The molecule has 0 spiro atoms. The maximum Gasteiger partial charge on any atom is 0.241 e. The third-order valence-corrected chi connectivity index (χ3v) is 7.08. The molecule has 42 heavy (non-hydrogen) atoms. The Labute approximate surface area is 268 Å². The summed E-state index contributed by atoms with van der Waals surface area (Å²) < 4.78 is 59.5. The molecule has 6 heteroatoms. The molecule has 0 N–H and O–H groups in total. The Morgan fingerprint density at radius 2 is 1.50 bits per heavy atom. The van der Waals surface area contributed by atoms with Crippen molar-refractivity contribution in [1.29, 1.82) is 0 Å². The number of pyridine rings is 2. The average molecular weight is 727 g/mol. The van der Waals surface area contributed by atoms with Crippen LogP contribution in [0, 0.1) is 25.8 Å². The van der Waals surface area contributed by atoms with Gasteiger partial charge in [-0.05, 0) is 60.4 Å². The van der Waals surface area contributed by atoms with Crippen LogP contribution in [0.4, 0.5) is 0 Å². The van der Waals surface area contributed by atoms with Crippen molar-refractivity contribution in [3.63, 3.8) is 0 Å². The fraction of sp³-hybridized carbons (Fsp3) is 0.0556. The van der Waals surface area contributed by atoms with Gasteiger partial charge >= 0.3 is 0 Å². The molecular formula is C36H25BIrN2O2-2. The van der Waals surface area contributed by atoms with Crippen LogP contribution in [0.5, 0.6) is 23.0 Å². The van der Waals surface area contributed by atoms with Gasteiger partial charge in [0.15, 0.2) is 0 Å². The van der Waals surface area contributed by atoms with Crippen LogP contribution in [0.15, 0.2) is 116 Å². The molecule has 6 aromatic rings. The summed E-state index contributed by atoms with van der Waals surface area (Å²) in [6.07, 6.45) is 2.91. The van der Waals surface area contributed by atoms with E-state index in [-0.39, 0.29) is 43.6 Å². The van der Waals surface area contributed by atoms with Gasteiger partial charge in [0.05, 0.1) is 0 Å². The summed E-state index contributed by atoms with van der Waals surface area (Å²) in [5, 5.41) is 0. The Hall–Kier alpha value is -4.51. The molecule has 8 rings (SSSR count). The van der Waals surface area contributed by atoms with Gasteiger partial charge in [0.1, 0.15) is 17.2 Å². The minimum Gasteiger partial charge on any atom is -0.503 e. The molecule has 4 nitrogen and oxygen atoms in total. The third kappa shape index (κ3) is 5.05. The molecule has 0 fully saturated rings.